The summed E-state index contributed by atoms with van der Waals surface area (Å²) in [6.45, 7) is 2.10. The Labute approximate surface area is 141 Å². The Morgan fingerprint density at radius 2 is 2.00 bits per heavy atom. The minimum atomic E-state index is -1.04. The summed E-state index contributed by atoms with van der Waals surface area (Å²) in [6.07, 6.45) is 4.37. The largest absolute Gasteiger partial charge is 0.480 e. The molecule has 0 radical (unpaired) electrons. The molecule has 0 saturated carbocycles. The van der Waals surface area contributed by atoms with Gasteiger partial charge in [0.05, 0.1) is 0 Å². The fraction of sp³-hybridized carbons (Fsp3) is 0.500. The molecule has 23 heavy (non-hydrogen) atoms. The van der Waals surface area contributed by atoms with Crippen LogP contribution in [0.25, 0.3) is 0 Å². The monoisotopic (exact) mass is 340 g/mol. The van der Waals surface area contributed by atoms with E-state index in [9.17, 15) is 9.59 Å². The average Bonchev–Trinajstić information content (AvgIpc) is 2.53. The van der Waals surface area contributed by atoms with Gasteiger partial charge in [-0.15, -0.1) is 0 Å². The molecule has 0 aliphatic rings. The summed E-state index contributed by atoms with van der Waals surface area (Å²) in [6, 6.07) is 6.23. The van der Waals surface area contributed by atoms with Crippen molar-refractivity contribution in [3.05, 3.63) is 29.8 Å². The number of aryl methyl sites for hydroxylation is 1. The van der Waals surface area contributed by atoms with Gasteiger partial charge >= 0.3 is 12.0 Å². The van der Waals surface area contributed by atoms with Crippen LogP contribution in [0.3, 0.4) is 0 Å². The van der Waals surface area contributed by atoms with Gasteiger partial charge in [0.2, 0.25) is 0 Å². The van der Waals surface area contributed by atoms with E-state index in [1.54, 1.807) is 0 Å². The van der Waals surface area contributed by atoms with Gasteiger partial charge in [0, 0.05) is 0 Å². The van der Waals surface area contributed by atoms with Crippen LogP contribution in [-0.4, -0.2) is 41.9 Å². The molecule has 1 aromatic rings. The number of nitrogens with one attached hydrogen (secondary N) is 2. The van der Waals surface area contributed by atoms with E-state index in [1.165, 1.54) is 17.3 Å². The molecule has 6 nitrogen and oxygen atoms in total. The molecule has 0 aliphatic carbocycles. The lowest BCUT2D eigenvalue weighted by atomic mass is 10.1. The van der Waals surface area contributed by atoms with Gasteiger partial charge in [-0.1, -0.05) is 25.5 Å². The minimum absolute atomic E-state index is 0.0200. The highest BCUT2D eigenvalue weighted by atomic mass is 32.2. The molecule has 0 fully saturated rings. The Kier molecular flexibility index (Phi) is 8.97. The predicted octanol–water partition coefficient (Wildman–Crippen LogP) is 2.48. The normalized spacial score (nSPS) is 11.6. The second-order valence-electron chi connectivity index (χ2n) is 5.01. The quantitative estimate of drug-likeness (QED) is 0.570. The molecule has 7 heteroatoms. The first-order valence-corrected chi connectivity index (χ1v) is 8.94. The van der Waals surface area contributed by atoms with Crippen molar-refractivity contribution in [3.63, 3.8) is 0 Å². The zero-order valence-corrected chi connectivity index (χ0v) is 14.3. The number of hydrogen-bond acceptors (Lipinski definition) is 4. The number of ether oxygens (including phenoxy) is 1. The number of amides is 2. The molecular formula is C16H24N2O4S. The Bertz CT molecular complexity index is 493. The summed E-state index contributed by atoms with van der Waals surface area (Å²) < 4.78 is 5.41. The summed E-state index contributed by atoms with van der Waals surface area (Å²) >= 11 is 1.53. The van der Waals surface area contributed by atoms with Gasteiger partial charge in [-0.3, -0.25) is 0 Å². The number of rotatable bonds is 10. The van der Waals surface area contributed by atoms with E-state index in [0.717, 1.165) is 12.8 Å². The van der Waals surface area contributed by atoms with Crippen molar-refractivity contribution in [3.8, 4) is 5.75 Å². The van der Waals surface area contributed by atoms with Gasteiger partial charge in [0.15, 0.2) is 6.73 Å². The Hall–Kier alpha value is -1.89. The number of urea groups is 1. The van der Waals surface area contributed by atoms with E-state index in [1.807, 2.05) is 30.5 Å². The number of aliphatic carboxylic acids is 1. The molecule has 2 amide bonds. The van der Waals surface area contributed by atoms with Crippen LogP contribution < -0.4 is 15.4 Å². The van der Waals surface area contributed by atoms with Crippen molar-refractivity contribution in [2.24, 2.45) is 0 Å². The summed E-state index contributed by atoms with van der Waals surface area (Å²) in [5, 5.41) is 13.9. The van der Waals surface area contributed by atoms with E-state index in [-0.39, 0.29) is 6.73 Å². The number of carboxylic acid groups (broad SMARTS) is 1. The van der Waals surface area contributed by atoms with Crippen molar-refractivity contribution in [2.45, 2.75) is 32.2 Å². The molecule has 0 aromatic heterocycles. The van der Waals surface area contributed by atoms with Crippen LogP contribution in [0.15, 0.2) is 24.3 Å². The van der Waals surface area contributed by atoms with Crippen molar-refractivity contribution in [1.29, 1.82) is 0 Å². The van der Waals surface area contributed by atoms with Crippen LogP contribution >= 0.6 is 11.8 Å². The number of carboxylic acids is 1. The Balaban J connectivity index is 2.33. The van der Waals surface area contributed by atoms with Crippen molar-refractivity contribution in [1.82, 2.24) is 10.6 Å². The zero-order chi connectivity index (χ0) is 17.1. The fourth-order valence-corrected chi connectivity index (χ4v) is 2.40. The highest BCUT2D eigenvalue weighted by Crippen LogP contribution is 2.12. The van der Waals surface area contributed by atoms with Gasteiger partial charge in [0.25, 0.3) is 0 Å². The Morgan fingerprint density at radius 3 is 2.57 bits per heavy atom. The number of thioether (sulfide) groups is 1. The van der Waals surface area contributed by atoms with Gasteiger partial charge in [0.1, 0.15) is 11.8 Å². The summed E-state index contributed by atoms with van der Waals surface area (Å²) in [7, 11) is 0. The SMILES string of the molecule is CCCc1ccc(OCNC(=O)NC(CCSC)C(=O)O)cc1. The lowest BCUT2D eigenvalue weighted by Crippen LogP contribution is -2.47. The van der Waals surface area contributed by atoms with E-state index in [4.69, 9.17) is 9.84 Å². The maximum atomic E-state index is 11.7. The molecule has 0 bridgehead atoms. The van der Waals surface area contributed by atoms with Gasteiger partial charge in [-0.2, -0.15) is 11.8 Å². The minimum Gasteiger partial charge on any atom is -0.480 e. The standard InChI is InChI=1S/C16H24N2O4S/c1-3-4-12-5-7-13(8-6-12)22-11-17-16(21)18-14(15(19)20)9-10-23-2/h5-8,14H,3-4,9-11H2,1-2H3,(H,19,20)(H2,17,18,21). The third-order valence-electron chi connectivity index (χ3n) is 3.15. The van der Waals surface area contributed by atoms with Crippen LogP contribution in [0, 0.1) is 0 Å². The topological polar surface area (TPSA) is 87.7 Å². The molecule has 0 spiro atoms. The first-order valence-electron chi connectivity index (χ1n) is 7.54. The molecule has 1 unspecified atom stereocenters. The van der Waals surface area contributed by atoms with E-state index < -0.39 is 18.0 Å². The first kappa shape index (κ1) is 19.2. The number of carbonyl (C=O) groups is 2. The molecule has 1 atom stereocenters. The van der Waals surface area contributed by atoms with Gasteiger partial charge in [-0.05, 0) is 42.5 Å². The van der Waals surface area contributed by atoms with E-state index in [0.29, 0.717) is 17.9 Å². The first-order chi connectivity index (χ1) is 11.1. The third-order valence-corrected chi connectivity index (χ3v) is 3.79. The zero-order valence-electron chi connectivity index (χ0n) is 13.5. The maximum absolute atomic E-state index is 11.7. The molecular weight excluding hydrogens is 316 g/mol. The molecule has 1 aromatic carbocycles. The maximum Gasteiger partial charge on any atom is 0.326 e. The molecule has 128 valence electrons. The van der Waals surface area contributed by atoms with Gasteiger partial charge < -0.3 is 20.5 Å². The smallest absolute Gasteiger partial charge is 0.326 e. The molecule has 0 saturated heterocycles. The fourth-order valence-electron chi connectivity index (χ4n) is 1.93. The van der Waals surface area contributed by atoms with Crippen molar-refractivity contribution >= 4 is 23.8 Å². The number of benzene rings is 1. The van der Waals surface area contributed by atoms with E-state index >= 15 is 0 Å². The van der Waals surface area contributed by atoms with Crippen molar-refractivity contribution in [2.75, 3.05) is 18.7 Å². The third kappa shape index (κ3) is 7.78. The Morgan fingerprint density at radius 1 is 1.30 bits per heavy atom. The molecule has 1 rings (SSSR count). The number of carbonyl (C=O) groups excluding carboxylic acids is 1. The van der Waals surface area contributed by atoms with Gasteiger partial charge in [-0.25, -0.2) is 9.59 Å². The number of hydrogen-bond donors (Lipinski definition) is 3. The van der Waals surface area contributed by atoms with Crippen LogP contribution in [0.2, 0.25) is 0 Å². The highest BCUT2D eigenvalue weighted by molar-refractivity contribution is 7.98. The van der Waals surface area contributed by atoms with Crippen LogP contribution in [0.1, 0.15) is 25.3 Å². The summed E-state index contributed by atoms with van der Waals surface area (Å²) in [4.78, 5) is 22.7. The van der Waals surface area contributed by atoms with Crippen LogP contribution in [0.5, 0.6) is 5.75 Å². The van der Waals surface area contributed by atoms with E-state index in [2.05, 4.69) is 17.6 Å². The van der Waals surface area contributed by atoms with Crippen molar-refractivity contribution < 1.29 is 19.4 Å². The van der Waals surface area contributed by atoms with Crippen LogP contribution in [-0.2, 0) is 11.2 Å². The molecule has 0 heterocycles. The lowest BCUT2D eigenvalue weighted by Gasteiger charge is -2.15. The second-order valence-corrected chi connectivity index (χ2v) is 5.99. The molecule has 3 N–H and O–H groups in total. The summed E-state index contributed by atoms with van der Waals surface area (Å²) in [5.74, 6) is 0.279. The van der Waals surface area contributed by atoms with Crippen LogP contribution in [0.4, 0.5) is 4.79 Å². The average molecular weight is 340 g/mol. The lowest BCUT2D eigenvalue weighted by molar-refractivity contribution is -0.139. The second kappa shape index (κ2) is 10.8. The highest BCUT2D eigenvalue weighted by Gasteiger charge is 2.18. The predicted molar refractivity (Wildman–Crippen MR) is 92.0 cm³/mol. The molecule has 0 aliphatic heterocycles. The summed E-state index contributed by atoms with van der Waals surface area (Å²) in [5.41, 5.74) is 1.24.